The van der Waals surface area contributed by atoms with Crippen LogP contribution in [0, 0.1) is 17.8 Å². The molecule has 0 heterocycles. The van der Waals surface area contributed by atoms with Crippen molar-refractivity contribution < 1.29 is 4.79 Å². The smallest absolute Gasteiger partial charge is 0.237 e. The van der Waals surface area contributed by atoms with Crippen molar-refractivity contribution in [3.63, 3.8) is 0 Å². The van der Waals surface area contributed by atoms with Crippen molar-refractivity contribution in [1.29, 1.82) is 0 Å². The summed E-state index contributed by atoms with van der Waals surface area (Å²) in [6.07, 6.45) is 10.2. The molecule has 0 aromatic rings. The number of terminal acetylenes is 1. The number of nitrogens with one attached hydrogen (secondary N) is 2. The third-order valence-electron chi connectivity index (χ3n) is 3.40. The molecule has 3 nitrogen and oxygen atoms in total. The topological polar surface area (TPSA) is 41.1 Å². The molecule has 2 N–H and O–H groups in total. The lowest BCUT2D eigenvalue weighted by Gasteiger charge is -2.25. The molecular formula is C13H22N2O. The van der Waals surface area contributed by atoms with Gasteiger partial charge in [-0.2, -0.15) is 0 Å². The number of hydrogen-bond donors (Lipinski definition) is 2. The highest BCUT2D eigenvalue weighted by Gasteiger charge is 2.29. The van der Waals surface area contributed by atoms with Crippen molar-refractivity contribution in [2.45, 2.75) is 45.6 Å². The molecule has 1 unspecified atom stereocenters. The van der Waals surface area contributed by atoms with Crippen molar-refractivity contribution in [2.75, 3.05) is 13.1 Å². The standard InChI is InChI=1S/C13H22N2O/c1-4-9-14-12(16)11(2)15-10-13(3)7-5-6-8-13/h1,11,15H,5-10H2,2-3H3,(H,14,16). The minimum absolute atomic E-state index is 0.0143. The first-order valence-corrected chi connectivity index (χ1v) is 6.02. The quantitative estimate of drug-likeness (QED) is 0.688. The maximum absolute atomic E-state index is 11.5. The lowest BCUT2D eigenvalue weighted by Crippen LogP contribution is -2.45. The third-order valence-corrected chi connectivity index (χ3v) is 3.40. The van der Waals surface area contributed by atoms with E-state index in [2.05, 4.69) is 23.5 Å². The summed E-state index contributed by atoms with van der Waals surface area (Å²) in [6.45, 7) is 5.39. The van der Waals surface area contributed by atoms with Gasteiger partial charge >= 0.3 is 0 Å². The van der Waals surface area contributed by atoms with Crippen LogP contribution in [0.25, 0.3) is 0 Å². The Labute approximate surface area is 98.4 Å². The van der Waals surface area contributed by atoms with E-state index in [0.717, 1.165) is 6.54 Å². The van der Waals surface area contributed by atoms with E-state index in [1.54, 1.807) is 0 Å². The minimum atomic E-state index is -0.161. The summed E-state index contributed by atoms with van der Waals surface area (Å²) >= 11 is 0. The molecule has 16 heavy (non-hydrogen) atoms. The van der Waals surface area contributed by atoms with Crippen LogP contribution in [0.5, 0.6) is 0 Å². The third kappa shape index (κ3) is 3.86. The van der Waals surface area contributed by atoms with Crippen LogP contribution < -0.4 is 10.6 Å². The molecule has 0 spiro atoms. The molecule has 1 atom stereocenters. The normalized spacial score (nSPS) is 20.1. The molecule has 0 radical (unpaired) electrons. The van der Waals surface area contributed by atoms with Crippen LogP contribution in [0.1, 0.15) is 39.5 Å². The molecule has 1 saturated carbocycles. The SMILES string of the molecule is C#CCNC(=O)C(C)NCC1(C)CCCC1. The summed E-state index contributed by atoms with van der Waals surface area (Å²) < 4.78 is 0. The largest absolute Gasteiger partial charge is 0.344 e. The predicted molar refractivity (Wildman–Crippen MR) is 65.9 cm³/mol. The molecule has 0 saturated heterocycles. The minimum Gasteiger partial charge on any atom is -0.344 e. The van der Waals surface area contributed by atoms with E-state index in [-0.39, 0.29) is 11.9 Å². The fraction of sp³-hybridized carbons (Fsp3) is 0.769. The van der Waals surface area contributed by atoms with Crippen molar-refractivity contribution in [2.24, 2.45) is 5.41 Å². The van der Waals surface area contributed by atoms with E-state index in [0.29, 0.717) is 12.0 Å². The molecule has 1 aliphatic rings. The van der Waals surface area contributed by atoms with Crippen molar-refractivity contribution >= 4 is 5.91 Å². The van der Waals surface area contributed by atoms with E-state index >= 15 is 0 Å². The summed E-state index contributed by atoms with van der Waals surface area (Å²) in [6, 6.07) is -0.161. The predicted octanol–water partition coefficient (Wildman–Crippen LogP) is 1.29. The molecule has 90 valence electrons. The molecule has 1 rings (SSSR count). The summed E-state index contributed by atoms with van der Waals surface area (Å²) in [4.78, 5) is 11.5. The highest BCUT2D eigenvalue weighted by molar-refractivity contribution is 5.81. The average molecular weight is 222 g/mol. The Balaban J connectivity index is 2.26. The molecule has 0 aromatic carbocycles. The van der Waals surface area contributed by atoms with E-state index < -0.39 is 0 Å². The van der Waals surface area contributed by atoms with Gasteiger partial charge in [0.05, 0.1) is 12.6 Å². The van der Waals surface area contributed by atoms with Crippen LogP contribution in [0.4, 0.5) is 0 Å². The van der Waals surface area contributed by atoms with Gasteiger partial charge in [0.15, 0.2) is 0 Å². The zero-order chi connectivity index (χ0) is 12.0. The first-order chi connectivity index (χ1) is 7.57. The van der Waals surface area contributed by atoms with Gasteiger partial charge in [-0.05, 0) is 25.2 Å². The molecule has 3 heteroatoms. The van der Waals surface area contributed by atoms with E-state index in [1.807, 2.05) is 6.92 Å². The van der Waals surface area contributed by atoms with E-state index in [4.69, 9.17) is 6.42 Å². The van der Waals surface area contributed by atoms with Crippen LogP contribution in [-0.4, -0.2) is 25.0 Å². The Morgan fingerprint density at radius 3 is 2.69 bits per heavy atom. The van der Waals surface area contributed by atoms with Gasteiger partial charge in [0, 0.05) is 6.54 Å². The Morgan fingerprint density at radius 1 is 1.50 bits per heavy atom. The molecule has 1 aliphatic carbocycles. The van der Waals surface area contributed by atoms with Gasteiger partial charge in [0.25, 0.3) is 0 Å². The van der Waals surface area contributed by atoms with Crippen LogP contribution in [0.2, 0.25) is 0 Å². The van der Waals surface area contributed by atoms with Crippen LogP contribution in [0.3, 0.4) is 0 Å². The number of rotatable bonds is 5. The first kappa shape index (κ1) is 13.1. The van der Waals surface area contributed by atoms with Gasteiger partial charge in [-0.1, -0.05) is 25.7 Å². The first-order valence-electron chi connectivity index (χ1n) is 6.02. The van der Waals surface area contributed by atoms with Crippen molar-refractivity contribution in [3.8, 4) is 12.3 Å². The van der Waals surface area contributed by atoms with Crippen LogP contribution in [0.15, 0.2) is 0 Å². The molecule has 0 bridgehead atoms. The Hall–Kier alpha value is -1.01. The molecule has 0 aromatic heterocycles. The molecule has 1 fully saturated rings. The maximum Gasteiger partial charge on any atom is 0.237 e. The number of amides is 1. The molecular weight excluding hydrogens is 200 g/mol. The number of carbonyl (C=O) groups excluding carboxylic acids is 1. The summed E-state index contributed by atoms with van der Waals surface area (Å²) in [7, 11) is 0. The maximum atomic E-state index is 11.5. The lowest BCUT2D eigenvalue weighted by atomic mass is 9.88. The number of hydrogen-bond acceptors (Lipinski definition) is 2. The monoisotopic (exact) mass is 222 g/mol. The second-order valence-corrected chi connectivity index (χ2v) is 5.04. The fourth-order valence-electron chi connectivity index (χ4n) is 2.19. The van der Waals surface area contributed by atoms with Gasteiger partial charge in [0.1, 0.15) is 0 Å². The van der Waals surface area contributed by atoms with Crippen LogP contribution in [-0.2, 0) is 4.79 Å². The Morgan fingerprint density at radius 2 is 2.12 bits per heavy atom. The summed E-state index contributed by atoms with van der Waals surface area (Å²) in [5.41, 5.74) is 0.376. The van der Waals surface area contributed by atoms with Gasteiger partial charge < -0.3 is 10.6 Å². The van der Waals surface area contributed by atoms with Gasteiger partial charge in [0.2, 0.25) is 5.91 Å². The molecule has 0 aliphatic heterocycles. The highest BCUT2D eigenvalue weighted by atomic mass is 16.2. The van der Waals surface area contributed by atoms with Gasteiger partial charge in [-0.15, -0.1) is 6.42 Å². The van der Waals surface area contributed by atoms with E-state index in [1.165, 1.54) is 25.7 Å². The zero-order valence-corrected chi connectivity index (χ0v) is 10.3. The lowest BCUT2D eigenvalue weighted by molar-refractivity contribution is -0.122. The van der Waals surface area contributed by atoms with Crippen molar-refractivity contribution in [1.82, 2.24) is 10.6 Å². The average Bonchev–Trinajstić information content (AvgIpc) is 2.70. The summed E-state index contributed by atoms with van der Waals surface area (Å²) in [5, 5.41) is 5.98. The second-order valence-electron chi connectivity index (χ2n) is 5.04. The van der Waals surface area contributed by atoms with Gasteiger partial charge in [-0.3, -0.25) is 4.79 Å². The Bertz CT molecular complexity index is 274. The van der Waals surface area contributed by atoms with Crippen LogP contribution >= 0.6 is 0 Å². The molecule has 1 amide bonds. The zero-order valence-electron chi connectivity index (χ0n) is 10.3. The Kier molecular flexibility index (Phi) is 4.82. The van der Waals surface area contributed by atoms with Gasteiger partial charge in [-0.25, -0.2) is 0 Å². The van der Waals surface area contributed by atoms with Crippen molar-refractivity contribution in [3.05, 3.63) is 0 Å². The van der Waals surface area contributed by atoms with E-state index in [9.17, 15) is 4.79 Å². The second kappa shape index (κ2) is 5.91. The fourth-order valence-corrected chi connectivity index (χ4v) is 2.19. The number of carbonyl (C=O) groups is 1. The highest BCUT2D eigenvalue weighted by Crippen LogP contribution is 2.36. The summed E-state index contributed by atoms with van der Waals surface area (Å²) in [5.74, 6) is 2.38.